The molecule has 0 spiro atoms. The molecule has 1 aromatic heterocycles. The fourth-order valence-corrected chi connectivity index (χ4v) is 4.90. The zero-order valence-corrected chi connectivity index (χ0v) is 22.3. The van der Waals surface area contributed by atoms with Gasteiger partial charge in [-0.05, 0) is 25.1 Å². The molecule has 16 heteroatoms. The van der Waals surface area contributed by atoms with Crippen molar-refractivity contribution in [2.24, 2.45) is 0 Å². The zero-order chi connectivity index (χ0) is 31.3. The van der Waals surface area contributed by atoms with Crippen LogP contribution >= 0.6 is 0 Å². The van der Waals surface area contributed by atoms with Crippen LogP contribution in [0, 0.1) is 0 Å². The lowest BCUT2D eigenvalue weighted by molar-refractivity contribution is -0.137. The van der Waals surface area contributed by atoms with Crippen LogP contribution in [0.3, 0.4) is 0 Å². The summed E-state index contributed by atoms with van der Waals surface area (Å²) in [6.45, 7) is 0.518. The average molecular weight is 611 g/mol. The minimum atomic E-state index is -1.81. The van der Waals surface area contributed by atoms with E-state index >= 15 is 0 Å². The van der Waals surface area contributed by atoms with Crippen molar-refractivity contribution in [3.05, 3.63) is 40.6 Å². The molecule has 2 aliphatic heterocycles. The predicted octanol–water partition coefficient (Wildman–Crippen LogP) is -2.04. The predicted molar refractivity (Wildman–Crippen MR) is 140 cm³/mol. The maximum Gasteiger partial charge on any atom is 0.239 e. The SMILES string of the molecule is C[C@H](O)[C@@H]1O[C@H](Oc2cc(O)c3c(=O)c(O[C@@H]4O[C@H]([C@H](O)CO)[C@H](O)[C@H]4O)c(-c4ccc(O)c(O)c4)oc3c2)[C@H](O)[C@@H]1O. The Morgan fingerprint density at radius 3 is 2.05 bits per heavy atom. The van der Waals surface area contributed by atoms with Gasteiger partial charge in [0.1, 0.15) is 65.2 Å². The number of phenols is 3. The minimum Gasteiger partial charge on any atom is -0.507 e. The van der Waals surface area contributed by atoms with Crippen molar-refractivity contribution in [2.75, 3.05) is 6.61 Å². The third kappa shape index (κ3) is 5.55. The van der Waals surface area contributed by atoms with E-state index in [1.54, 1.807) is 0 Å². The molecule has 3 aromatic rings. The van der Waals surface area contributed by atoms with E-state index in [0.29, 0.717) is 0 Å². The molecule has 2 fully saturated rings. The normalized spacial score (nSPS) is 30.4. The summed E-state index contributed by atoms with van der Waals surface area (Å²) in [4.78, 5) is 13.7. The Balaban J connectivity index is 1.58. The van der Waals surface area contributed by atoms with E-state index in [0.717, 1.165) is 24.3 Å². The molecule has 0 saturated carbocycles. The molecule has 10 N–H and O–H groups in total. The first-order valence-electron chi connectivity index (χ1n) is 13.0. The van der Waals surface area contributed by atoms with Crippen LogP contribution in [0.4, 0.5) is 0 Å². The molecule has 0 amide bonds. The van der Waals surface area contributed by atoms with Crippen LogP contribution in [0.25, 0.3) is 22.3 Å². The molecule has 10 atom stereocenters. The molecule has 3 heterocycles. The number of aromatic hydroxyl groups is 3. The van der Waals surface area contributed by atoms with E-state index in [2.05, 4.69) is 0 Å². The summed E-state index contributed by atoms with van der Waals surface area (Å²) in [5.41, 5.74) is -1.37. The third-order valence-electron chi connectivity index (χ3n) is 7.19. The van der Waals surface area contributed by atoms with Crippen LogP contribution in [0.15, 0.2) is 39.5 Å². The fourth-order valence-electron chi connectivity index (χ4n) is 4.90. The molecule has 0 radical (unpaired) electrons. The van der Waals surface area contributed by atoms with E-state index in [-0.39, 0.29) is 16.9 Å². The Hall–Kier alpha value is -3.71. The lowest BCUT2D eigenvalue weighted by Crippen LogP contribution is -2.40. The van der Waals surface area contributed by atoms with Gasteiger partial charge in [0, 0.05) is 17.7 Å². The standard InChI is InChI=1S/C27H30O16/c1-8(29)22-18(35)20(37)26(41-22)39-10-5-13(32)16-15(6-10)40-23(9-2-3-11(30)12(31)4-9)25(17(16)34)43-27-21(38)19(36)24(42-27)14(33)7-28/h2-6,8,14,18-22,24,26-33,35-38H,7H2,1H3/t8-,14+,18-,19+,20+,21+,22-,24+,26-,27-/m0/s1. The van der Waals surface area contributed by atoms with Crippen molar-refractivity contribution in [3.63, 3.8) is 0 Å². The Morgan fingerprint density at radius 2 is 1.44 bits per heavy atom. The van der Waals surface area contributed by atoms with Gasteiger partial charge >= 0.3 is 0 Å². The maximum atomic E-state index is 13.7. The summed E-state index contributed by atoms with van der Waals surface area (Å²) in [5, 5.41) is 100. The number of aliphatic hydroxyl groups excluding tert-OH is 7. The van der Waals surface area contributed by atoms with Crippen LogP contribution in [0.2, 0.25) is 0 Å². The Morgan fingerprint density at radius 1 is 0.814 bits per heavy atom. The summed E-state index contributed by atoms with van der Waals surface area (Å²) in [7, 11) is 0. The molecule has 0 unspecified atom stereocenters. The summed E-state index contributed by atoms with van der Waals surface area (Å²) in [5.74, 6) is -3.08. The quantitative estimate of drug-likeness (QED) is 0.123. The summed E-state index contributed by atoms with van der Waals surface area (Å²) in [6, 6.07) is 5.46. The van der Waals surface area contributed by atoms with E-state index in [9.17, 15) is 55.9 Å². The highest BCUT2D eigenvalue weighted by Crippen LogP contribution is 2.40. The number of hydrogen-bond donors (Lipinski definition) is 10. The van der Waals surface area contributed by atoms with Crippen molar-refractivity contribution < 1.29 is 74.4 Å². The molecule has 0 bridgehead atoms. The minimum absolute atomic E-state index is 0.0347. The van der Waals surface area contributed by atoms with Gasteiger partial charge in [-0.25, -0.2) is 0 Å². The van der Waals surface area contributed by atoms with Crippen LogP contribution < -0.4 is 14.9 Å². The summed E-state index contributed by atoms with van der Waals surface area (Å²) >= 11 is 0. The highest BCUT2D eigenvalue weighted by atomic mass is 16.7. The first kappa shape index (κ1) is 30.7. The van der Waals surface area contributed by atoms with Gasteiger partial charge in [-0.15, -0.1) is 0 Å². The molecule has 2 aromatic carbocycles. The molecule has 234 valence electrons. The lowest BCUT2D eigenvalue weighted by atomic mass is 10.1. The fraction of sp³-hybridized carbons (Fsp3) is 0.444. The Labute approximate surface area is 241 Å². The number of fused-ring (bicyclic) bond motifs is 1. The molecular formula is C27H30O16. The van der Waals surface area contributed by atoms with Gasteiger partial charge < -0.3 is 74.4 Å². The van der Waals surface area contributed by atoms with E-state index in [4.69, 9.17) is 23.4 Å². The van der Waals surface area contributed by atoms with Gasteiger partial charge in [0.25, 0.3) is 0 Å². The van der Waals surface area contributed by atoms with Crippen molar-refractivity contribution in [1.82, 2.24) is 0 Å². The van der Waals surface area contributed by atoms with Gasteiger partial charge in [-0.2, -0.15) is 0 Å². The Kier molecular flexibility index (Phi) is 8.41. The molecule has 16 nitrogen and oxygen atoms in total. The van der Waals surface area contributed by atoms with E-state index in [1.165, 1.54) is 13.0 Å². The van der Waals surface area contributed by atoms with Crippen molar-refractivity contribution >= 4 is 11.0 Å². The molecule has 0 aliphatic carbocycles. The third-order valence-corrected chi connectivity index (χ3v) is 7.19. The summed E-state index contributed by atoms with van der Waals surface area (Å²) < 4.78 is 27.8. The number of hydrogen-bond acceptors (Lipinski definition) is 16. The zero-order valence-electron chi connectivity index (χ0n) is 22.3. The number of benzene rings is 2. The average Bonchev–Trinajstić information content (AvgIpc) is 3.40. The summed E-state index contributed by atoms with van der Waals surface area (Å²) in [6.07, 6.45) is -15.3. The van der Waals surface area contributed by atoms with Gasteiger partial charge in [-0.1, -0.05) is 0 Å². The number of phenolic OH excluding ortho intramolecular Hbond substituents is 3. The first-order valence-corrected chi connectivity index (χ1v) is 13.0. The lowest BCUT2D eigenvalue weighted by Gasteiger charge is -2.20. The number of ether oxygens (including phenoxy) is 4. The Bertz CT molecular complexity index is 1540. The maximum absolute atomic E-state index is 13.7. The van der Waals surface area contributed by atoms with E-state index < -0.39 is 108 Å². The second-order valence-corrected chi connectivity index (χ2v) is 10.2. The topological polar surface area (TPSA) is 269 Å². The monoisotopic (exact) mass is 610 g/mol. The molecular weight excluding hydrogens is 580 g/mol. The van der Waals surface area contributed by atoms with Gasteiger partial charge in [-0.3, -0.25) is 4.79 Å². The van der Waals surface area contributed by atoms with Crippen LogP contribution in [0.5, 0.6) is 28.7 Å². The van der Waals surface area contributed by atoms with Crippen molar-refractivity contribution in [3.8, 4) is 40.1 Å². The van der Waals surface area contributed by atoms with E-state index in [1.807, 2.05) is 0 Å². The van der Waals surface area contributed by atoms with Crippen LogP contribution in [-0.2, 0) is 9.47 Å². The van der Waals surface area contributed by atoms with Gasteiger partial charge in [0.15, 0.2) is 17.3 Å². The largest absolute Gasteiger partial charge is 0.507 e. The second-order valence-electron chi connectivity index (χ2n) is 10.2. The smallest absolute Gasteiger partial charge is 0.239 e. The second kappa shape index (κ2) is 11.8. The first-order chi connectivity index (χ1) is 20.3. The van der Waals surface area contributed by atoms with Crippen LogP contribution in [-0.4, -0.2) is 119 Å². The molecule has 5 rings (SSSR count). The number of rotatable bonds is 8. The highest BCUT2D eigenvalue weighted by Gasteiger charge is 2.48. The van der Waals surface area contributed by atoms with Crippen LogP contribution in [0.1, 0.15) is 6.92 Å². The number of aliphatic hydroxyl groups is 7. The van der Waals surface area contributed by atoms with Gasteiger partial charge in [0.2, 0.25) is 23.8 Å². The molecule has 2 aliphatic rings. The van der Waals surface area contributed by atoms with Crippen molar-refractivity contribution in [2.45, 2.75) is 68.3 Å². The van der Waals surface area contributed by atoms with Gasteiger partial charge in [0.05, 0.1) is 12.7 Å². The highest BCUT2D eigenvalue weighted by molar-refractivity contribution is 5.88. The molecule has 2 saturated heterocycles. The molecule has 43 heavy (non-hydrogen) atoms. The van der Waals surface area contributed by atoms with Crippen molar-refractivity contribution in [1.29, 1.82) is 0 Å².